The van der Waals surface area contributed by atoms with Gasteiger partial charge in [0.1, 0.15) is 5.82 Å². The molecule has 2 aromatic carbocycles. The summed E-state index contributed by atoms with van der Waals surface area (Å²) in [6.45, 7) is 1.41. The van der Waals surface area contributed by atoms with E-state index in [-0.39, 0.29) is 16.9 Å². The van der Waals surface area contributed by atoms with Crippen LogP contribution in [-0.2, 0) is 0 Å². The minimum atomic E-state index is -0.292. The van der Waals surface area contributed by atoms with Gasteiger partial charge in [-0.25, -0.2) is 4.98 Å². The minimum absolute atomic E-state index is 0.0829. The van der Waals surface area contributed by atoms with E-state index < -0.39 is 0 Å². The van der Waals surface area contributed by atoms with Gasteiger partial charge in [-0.05, 0) is 53.9 Å². The third-order valence-corrected chi connectivity index (χ3v) is 6.05. The van der Waals surface area contributed by atoms with E-state index in [1.165, 1.54) is 7.11 Å². The quantitative estimate of drug-likeness (QED) is 0.394. The highest BCUT2D eigenvalue weighted by Gasteiger charge is 2.21. The highest BCUT2D eigenvalue weighted by atomic mass is 35.5. The molecule has 2 aromatic heterocycles. The average Bonchev–Trinajstić information content (AvgIpc) is 3.27. The van der Waals surface area contributed by atoms with Crippen molar-refractivity contribution in [3.8, 4) is 22.6 Å². The molecule has 0 aliphatic carbocycles. The fourth-order valence-electron chi connectivity index (χ4n) is 4.01. The van der Waals surface area contributed by atoms with Gasteiger partial charge in [-0.15, -0.1) is 0 Å². The number of aliphatic hydroxyl groups is 1. The zero-order valence-electron chi connectivity index (χ0n) is 17.9. The van der Waals surface area contributed by atoms with Crippen LogP contribution < -0.4 is 15.0 Å². The van der Waals surface area contributed by atoms with Crippen LogP contribution >= 0.6 is 11.6 Å². The average molecular weight is 462 g/mol. The van der Waals surface area contributed by atoms with Gasteiger partial charge in [-0.1, -0.05) is 17.7 Å². The van der Waals surface area contributed by atoms with Gasteiger partial charge in [-0.2, -0.15) is 0 Å². The van der Waals surface area contributed by atoms with Crippen LogP contribution in [-0.4, -0.2) is 46.5 Å². The Morgan fingerprint density at radius 3 is 2.76 bits per heavy atom. The normalized spacial score (nSPS) is 15.7. The Morgan fingerprint density at radius 2 is 2.03 bits per heavy atom. The molecule has 3 heterocycles. The lowest BCUT2D eigenvalue weighted by Crippen LogP contribution is -2.22. The van der Waals surface area contributed by atoms with Gasteiger partial charge in [0, 0.05) is 30.7 Å². The maximum Gasteiger partial charge on any atom is 0.176 e. The van der Waals surface area contributed by atoms with Gasteiger partial charge < -0.3 is 25.2 Å². The summed E-state index contributed by atoms with van der Waals surface area (Å²) in [6.07, 6.45) is 3.88. The van der Waals surface area contributed by atoms with E-state index in [1.807, 2.05) is 30.3 Å². The maximum absolute atomic E-state index is 10.0. The van der Waals surface area contributed by atoms with Crippen molar-refractivity contribution in [1.29, 1.82) is 0 Å². The zero-order valence-corrected chi connectivity index (χ0v) is 18.7. The van der Waals surface area contributed by atoms with Crippen LogP contribution in [0, 0.1) is 6.07 Å². The molecule has 1 saturated heterocycles. The predicted octanol–water partition coefficient (Wildman–Crippen LogP) is 4.78. The van der Waals surface area contributed by atoms with Gasteiger partial charge in [0.2, 0.25) is 0 Å². The second kappa shape index (κ2) is 8.77. The Hall–Kier alpha value is -3.55. The smallest absolute Gasteiger partial charge is 0.176 e. The molecule has 1 aliphatic heterocycles. The number of β-amino-alcohol motifs (C(OH)–C–C–N with tert-alkyl or cyclic N) is 1. The maximum atomic E-state index is 10.0. The first-order valence-corrected chi connectivity index (χ1v) is 10.9. The van der Waals surface area contributed by atoms with Crippen molar-refractivity contribution >= 4 is 39.7 Å². The van der Waals surface area contributed by atoms with Crippen molar-refractivity contribution in [3.05, 3.63) is 65.9 Å². The second-order valence-corrected chi connectivity index (χ2v) is 8.34. The number of aromatic nitrogens is 2. The lowest BCUT2D eigenvalue weighted by Gasteiger charge is -2.17. The first kappa shape index (κ1) is 21.3. The van der Waals surface area contributed by atoms with Crippen molar-refractivity contribution in [2.75, 3.05) is 30.4 Å². The molecule has 0 amide bonds. The number of hydrogen-bond acceptors (Lipinski definition) is 7. The van der Waals surface area contributed by atoms with Crippen LogP contribution in [0.4, 0.5) is 17.2 Å². The molecular formula is C25H22ClN4O3. The van der Waals surface area contributed by atoms with E-state index in [0.29, 0.717) is 12.3 Å². The number of pyridine rings is 2. The van der Waals surface area contributed by atoms with Crippen LogP contribution in [0.3, 0.4) is 0 Å². The molecule has 1 fully saturated rings. The molecule has 1 unspecified atom stereocenters. The highest BCUT2D eigenvalue weighted by Crippen LogP contribution is 2.39. The number of nitrogens with one attached hydrogen (secondary N) is 1. The summed E-state index contributed by atoms with van der Waals surface area (Å²) in [6, 6.07) is 16.4. The number of aliphatic hydroxyl groups excluding tert-OH is 1. The fourth-order valence-corrected chi connectivity index (χ4v) is 4.22. The molecule has 33 heavy (non-hydrogen) atoms. The number of methoxy groups -OCH3 is 1. The summed E-state index contributed by atoms with van der Waals surface area (Å²) in [4.78, 5) is 11.0. The number of nitrogens with zero attached hydrogens (tertiary/aromatic N) is 3. The number of aromatic hydroxyl groups is 1. The van der Waals surface area contributed by atoms with Crippen LogP contribution in [0.5, 0.6) is 11.5 Å². The van der Waals surface area contributed by atoms with E-state index >= 15 is 0 Å². The Labute approximate surface area is 196 Å². The second-order valence-electron chi connectivity index (χ2n) is 7.94. The topological polar surface area (TPSA) is 90.7 Å². The van der Waals surface area contributed by atoms with E-state index in [0.717, 1.165) is 52.2 Å². The number of anilines is 3. The number of hydrogen-bond donors (Lipinski definition) is 3. The molecule has 0 saturated carbocycles. The van der Waals surface area contributed by atoms with Crippen LogP contribution in [0.25, 0.3) is 22.0 Å². The molecule has 167 valence electrons. The zero-order chi connectivity index (χ0) is 22.9. The lowest BCUT2D eigenvalue weighted by atomic mass is 10.0. The molecule has 1 atom stereocenters. The lowest BCUT2D eigenvalue weighted by molar-refractivity contribution is 0.198. The monoisotopic (exact) mass is 461 g/mol. The van der Waals surface area contributed by atoms with Crippen molar-refractivity contribution in [2.45, 2.75) is 12.5 Å². The van der Waals surface area contributed by atoms with Crippen molar-refractivity contribution in [2.24, 2.45) is 0 Å². The van der Waals surface area contributed by atoms with Crippen molar-refractivity contribution in [1.82, 2.24) is 9.97 Å². The predicted molar refractivity (Wildman–Crippen MR) is 130 cm³/mol. The number of halogens is 1. The number of benzene rings is 2. The SMILES string of the molecule is COc1cc(-c2ccc3nc[c]c(Nc4ccc(N5CCC(O)C5)nc4)c3c2)cc(Cl)c1O. The van der Waals surface area contributed by atoms with E-state index in [1.54, 1.807) is 24.5 Å². The van der Waals surface area contributed by atoms with Crippen LogP contribution in [0.2, 0.25) is 5.02 Å². The molecule has 3 N–H and O–H groups in total. The number of ether oxygens (including phenoxy) is 1. The molecular weight excluding hydrogens is 440 g/mol. The largest absolute Gasteiger partial charge is 0.503 e. The Morgan fingerprint density at radius 1 is 1.15 bits per heavy atom. The number of fused-ring (bicyclic) bond motifs is 1. The van der Waals surface area contributed by atoms with Crippen molar-refractivity contribution < 1.29 is 14.9 Å². The van der Waals surface area contributed by atoms with Gasteiger partial charge in [0.15, 0.2) is 11.5 Å². The first-order chi connectivity index (χ1) is 16.0. The van der Waals surface area contributed by atoms with Crippen LogP contribution in [0.1, 0.15) is 6.42 Å². The highest BCUT2D eigenvalue weighted by molar-refractivity contribution is 6.32. The third-order valence-electron chi connectivity index (χ3n) is 5.76. The molecule has 4 aromatic rings. The summed E-state index contributed by atoms with van der Waals surface area (Å²) < 4.78 is 5.24. The summed E-state index contributed by atoms with van der Waals surface area (Å²) in [7, 11) is 1.49. The molecule has 7 nitrogen and oxygen atoms in total. The van der Waals surface area contributed by atoms with E-state index in [9.17, 15) is 10.2 Å². The molecule has 8 heteroatoms. The molecule has 0 bridgehead atoms. The summed E-state index contributed by atoms with van der Waals surface area (Å²) in [5.74, 6) is 1.08. The number of phenols is 1. The van der Waals surface area contributed by atoms with E-state index in [2.05, 4.69) is 26.3 Å². The summed E-state index contributed by atoms with van der Waals surface area (Å²) in [5.41, 5.74) is 4.11. The molecule has 1 aliphatic rings. The number of phenolic OH excluding ortho intramolecular Hbond substituents is 1. The number of rotatable bonds is 5. The summed E-state index contributed by atoms with van der Waals surface area (Å²) >= 11 is 6.19. The molecule has 1 radical (unpaired) electrons. The van der Waals surface area contributed by atoms with E-state index in [4.69, 9.17) is 16.3 Å². The van der Waals surface area contributed by atoms with Gasteiger partial charge >= 0.3 is 0 Å². The van der Waals surface area contributed by atoms with Gasteiger partial charge in [0.25, 0.3) is 0 Å². The third kappa shape index (κ3) is 4.25. The summed E-state index contributed by atoms with van der Waals surface area (Å²) in [5, 5.41) is 24.3. The minimum Gasteiger partial charge on any atom is -0.503 e. The molecule has 0 spiro atoms. The Kier molecular flexibility index (Phi) is 5.66. The Bertz CT molecular complexity index is 1310. The molecule has 5 rings (SSSR count). The fraction of sp³-hybridized carbons (Fsp3) is 0.200. The van der Waals surface area contributed by atoms with Crippen molar-refractivity contribution in [3.63, 3.8) is 0 Å². The van der Waals surface area contributed by atoms with Crippen LogP contribution in [0.15, 0.2) is 54.9 Å². The Balaban J connectivity index is 1.46. The standard InChI is InChI=1S/C25H22ClN4O3/c1-33-23-12-16(11-20(26)25(23)32)15-2-4-21-19(10-15)22(6-8-27-21)29-17-3-5-24(28-13-17)30-9-7-18(31)14-30/h2-5,8,10-13,18,31-32H,7,9,14H2,1H3,(H,27,29). The van der Waals surface area contributed by atoms with Gasteiger partial charge in [-0.3, -0.25) is 4.98 Å². The first-order valence-electron chi connectivity index (χ1n) is 10.6. The van der Waals surface area contributed by atoms with Gasteiger partial charge in [0.05, 0.1) is 41.3 Å².